The number of benzene rings is 2. The number of nitrogens with zero attached hydrogens (tertiary/aromatic N) is 4. The zero-order valence-electron chi connectivity index (χ0n) is 17.8. The van der Waals surface area contributed by atoms with Crippen molar-refractivity contribution in [2.45, 2.75) is 18.7 Å². The molecular formula is C23H16F3N5O4. The summed E-state index contributed by atoms with van der Waals surface area (Å²) in [7, 11) is 0. The fourth-order valence-electron chi connectivity index (χ4n) is 3.23. The fraction of sp³-hybridized carbons (Fsp3) is 0.174. The lowest BCUT2D eigenvalue weighted by Crippen LogP contribution is -2.29. The van der Waals surface area contributed by atoms with Crippen LogP contribution in [0.5, 0.6) is 0 Å². The van der Waals surface area contributed by atoms with Crippen molar-refractivity contribution in [3.8, 4) is 40.4 Å². The summed E-state index contributed by atoms with van der Waals surface area (Å²) in [6.07, 6.45) is -6.17. The minimum Gasteiger partial charge on any atom is -0.378 e. The smallest absolute Gasteiger partial charge is 0.378 e. The molecule has 178 valence electrons. The minimum atomic E-state index is -4.80. The van der Waals surface area contributed by atoms with E-state index in [2.05, 4.69) is 20.6 Å². The topological polar surface area (TPSA) is 138 Å². The van der Waals surface area contributed by atoms with Crippen LogP contribution in [0, 0.1) is 11.3 Å². The van der Waals surface area contributed by atoms with Gasteiger partial charge in [0.2, 0.25) is 11.6 Å². The number of rotatable bonds is 7. The summed E-state index contributed by atoms with van der Waals surface area (Å²) < 4.78 is 51.6. The molecule has 4 rings (SSSR count). The van der Waals surface area contributed by atoms with E-state index in [0.717, 1.165) is 0 Å². The van der Waals surface area contributed by atoms with Gasteiger partial charge >= 0.3 is 6.18 Å². The molecule has 0 fully saturated rings. The van der Waals surface area contributed by atoms with Crippen molar-refractivity contribution in [2.75, 3.05) is 6.54 Å². The van der Waals surface area contributed by atoms with Crippen molar-refractivity contribution in [3.63, 3.8) is 0 Å². The largest absolute Gasteiger partial charge is 0.422 e. The number of alkyl halides is 3. The maximum atomic E-state index is 13.9. The van der Waals surface area contributed by atoms with E-state index in [0.29, 0.717) is 5.56 Å². The number of hydrogen-bond acceptors (Lipinski definition) is 8. The van der Waals surface area contributed by atoms with Crippen molar-refractivity contribution in [1.29, 1.82) is 5.26 Å². The maximum absolute atomic E-state index is 13.9. The average molecular weight is 483 g/mol. The van der Waals surface area contributed by atoms with Crippen molar-refractivity contribution >= 4 is 5.91 Å². The van der Waals surface area contributed by atoms with Crippen LogP contribution in [0.3, 0.4) is 0 Å². The van der Waals surface area contributed by atoms with E-state index < -0.39 is 41.1 Å². The molecule has 0 saturated heterocycles. The van der Waals surface area contributed by atoms with Crippen LogP contribution in [0.4, 0.5) is 13.2 Å². The molecule has 35 heavy (non-hydrogen) atoms. The Balaban J connectivity index is 1.59. The molecule has 12 heteroatoms. The molecule has 0 aliphatic carbocycles. The summed E-state index contributed by atoms with van der Waals surface area (Å²) in [5, 5.41) is 28.4. The molecule has 1 atom stereocenters. The maximum Gasteiger partial charge on any atom is 0.422 e. The Morgan fingerprint density at radius 2 is 1.77 bits per heavy atom. The normalized spacial score (nSPS) is 12.2. The number of halogens is 3. The summed E-state index contributed by atoms with van der Waals surface area (Å²) in [6.45, 7) is 0.101. The Morgan fingerprint density at radius 3 is 2.43 bits per heavy atom. The van der Waals surface area contributed by atoms with E-state index in [-0.39, 0.29) is 29.9 Å². The summed E-state index contributed by atoms with van der Waals surface area (Å²) in [4.78, 5) is 15.9. The molecule has 2 aromatic heterocycles. The first kappa shape index (κ1) is 23.7. The number of aliphatic hydroxyl groups is 1. The van der Waals surface area contributed by atoms with Crippen molar-refractivity contribution in [1.82, 2.24) is 20.6 Å². The lowest BCUT2D eigenvalue weighted by atomic mass is 10.1. The Kier molecular flexibility index (Phi) is 6.61. The van der Waals surface area contributed by atoms with Crippen LogP contribution in [0.2, 0.25) is 0 Å². The highest BCUT2D eigenvalue weighted by atomic mass is 19.4. The van der Waals surface area contributed by atoms with Gasteiger partial charge in [0, 0.05) is 17.7 Å². The number of carbonyl (C=O) groups excluding carboxylic acids is 1. The number of amides is 1. The van der Waals surface area contributed by atoms with Crippen LogP contribution in [0.25, 0.3) is 34.3 Å². The molecule has 2 N–H and O–H groups in total. The first-order valence-electron chi connectivity index (χ1n) is 10.2. The number of carbonyl (C=O) groups is 1. The second-order valence-electron chi connectivity index (χ2n) is 7.25. The molecule has 9 nitrogen and oxygen atoms in total. The second-order valence-corrected chi connectivity index (χ2v) is 7.25. The first-order chi connectivity index (χ1) is 16.8. The summed E-state index contributed by atoms with van der Waals surface area (Å²) in [5.74, 6) is -1.93. The van der Waals surface area contributed by atoms with Gasteiger partial charge in [0.15, 0.2) is 6.10 Å². The van der Waals surface area contributed by atoms with E-state index >= 15 is 0 Å². The molecular weight excluding hydrogens is 467 g/mol. The zero-order valence-corrected chi connectivity index (χ0v) is 17.8. The quantitative estimate of drug-likeness (QED) is 0.374. The van der Waals surface area contributed by atoms with E-state index in [1.165, 1.54) is 36.4 Å². The zero-order chi connectivity index (χ0) is 25.0. The molecule has 2 aromatic carbocycles. The van der Waals surface area contributed by atoms with E-state index in [1.807, 2.05) is 6.07 Å². The minimum absolute atomic E-state index is 0.0368. The van der Waals surface area contributed by atoms with Gasteiger partial charge in [-0.15, -0.1) is 0 Å². The first-order valence-corrected chi connectivity index (χ1v) is 10.2. The Bertz CT molecular complexity index is 1360. The van der Waals surface area contributed by atoms with Gasteiger partial charge < -0.3 is 19.5 Å². The third-order valence-electron chi connectivity index (χ3n) is 4.91. The monoisotopic (exact) mass is 483 g/mol. The van der Waals surface area contributed by atoms with Crippen molar-refractivity contribution < 1.29 is 32.1 Å². The Morgan fingerprint density at radius 1 is 1.06 bits per heavy atom. The molecule has 0 saturated carbocycles. The summed E-state index contributed by atoms with van der Waals surface area (Å²) in [6, 6.07) is 15.4. The molecule has 0 bridgehead atoms. The molecule has 0 aliphatic rings. The fourth-order valence-corrected chi connectivity index (χ4v) is 3.23. The average Bonchev–Trinajstić information content (AvgIpc) is 3.52. The SMILES string of the molecule is N#CCCNC(=O)[C@H](O)c1ccc(-c2noc(-c3onc(-c4ccccc4)c3C(F)(F)F)n2)cc1. The predicted molar refractivity (Wildman–Crippen MR) is 114 cm³/mol. The molecule has 0 unspecified atom stereocenters. The molecule has 1 amide bonds. The summed E-state index contributed by atoms with van der Waals surface area (Å²) >= 11 is 0. The van der Waals surface area contributed by atoms with Gasteiger partial charge in [0.1, 0.15) is 11.3 Å². The molecule has 2 heterocycles. The van der Waals surface area contributed by atoms with E-state index in [9.17, 15) is 23.1 Å². The van der Waals surface area contributed by atoms with Gasteiger partial charge in [0.05, 0.1) is 12.5 Å². The predicted octanol–water partition coefficient (Wildman–Crippen LogP) is 4.14. The van der Waals surface area contributed by atoms with Gasteiger partial charge in [-0.3, -0.25) is 4.79 Å². The molecule has 0 aliphatic heterocycles. The highest BCUT2D eigenvalue weighted by Crippen LogP contribution is 2.43. The number of hydrogen-bond donors (Lipinski definition) is 2. The summed E-state index contributed by atoms with van der Waals surface area (Å²) in [5.41, 5.74) is -0.717. The van der Waals surface area contributed by atoms with Crippen LogP contribution < -0.4 is 5.32 Å². The number of nitriles is 1. The van der Waals surface area contributed by atoms with E-state index in [4.69, 9.17) is 14.3 Å². The standard InChI is InChI=1S/C23H16F3N5O4/c24-23(25,26)16-17(13-5-2-1-3-6-13)30-34-19(16)22-29-20(31-35-22)15-9-7-14(8-10-15)18(32)21(33)28-12-4-11-27/h1-3,5-10,18,32H,4,12H2,(H,28,33)/t18-/m1/s1. The van der Waals surface area contributed by atoms with Gasteiger partial charge in [-0.25, -0.2) is 0 Å². The van der Waals surface area contributed by atoms with Crippen molar-refractivity contribution in [2.24, 2.45) is 0 Å². The van der Waals surface area contributed by atoms with Crippen LogP contribution in [-0.4, -0.2) is 32.9 Å². The second kappa shape index (κ2) is 9.78. The molecule has 0 radical (unpaired) electrons. The number of nitrogens with one attached hydrogen (secondary N) is 1. The van der Waals surface area contributed by atoms with Crippen LogP contribution in [-0.2, 0) is 11.0 Å². The van der Waals surface area contributed by atoms with E-state index in [1.54, 1.807) is 18.2 Å². The third-order valence-corrected chi connectivity index (χ3v) is 4.91. The van der Waals surface area contributed by atoms with Crippen molar-refractivity contribution in [3.05, 3.63) is 65.7 Å². The van der Waals surface area contributed by atoms with Gasteiger partial charge in [-0.05, 0) is 5.56 Å². The molecule has 4 aromatic rings. The van der Waals surface area contributed by atoms with Crippen LogP contribution in [0.1, 0.15) is 23.7 Å². The third kappa shape index (κ3) is 5.04. The highest BCUT2D eigenvalue weighted by Gasteiger charge is 2.42. The number of aliphatic hydroxyl groups excluding tert-OH is 1. The van der Waals surface area contributed by atoms with Crippen LogP contribution >= 0.6 is 0 Å². The van der Waals surface area contributed by atoms with Gasteiger partial charge in [-0.1, -0.05) is 64.9 Å². The molecule has 0 spiro atoms. The highest BCUT2D eigenvalue weighted by molar-refractivity contribution is 5.82. The Labute approximate surface area is 195 Å². The van der Waals surface area contributed by atoms with Gasteiger partial charge in [0.25, 0.3) is 11.8 Å². The van der Waals surface area contributed by atoms with Gasteiger partial charge in [-0.2, -0.15) is 23.4 Å². The number of aromatic nitrogens is 3. The lowest BCUT2D eigenvalue weighted by molar-refractivity contribution is -0.137. The van der Waals surface area contributed by atoms with Crippen LogP contribution in [0.15, 0.2) is 63.6 Å². The Hall–Kier alpha value is -4.50. The lowest BCUT2D eigenvalue weighted by Gasteiger charge is -2.11.